The molecule has 0 atom stereocenters. The summed E-state index contributed by atoms with van der Waals surface area (Å²) in [6, 6.07) is 7.08. The molecule has 0 aliphatic heterocycles. The van der Waals surface area contributed by atoms with Gasteiger partial charge in [-0.15, -0.1) is 0 Å². The highest BCUT2D eigenvalue weighted by Crippen LogP contribution is 2.12. The number of carbonyl (C=O) groups excluding carboxylic acids is 1. The van der Waals surface area contributed by atoms with E-state index in [9.17, 15) is 4.79 Å². The molecule has 0 aliphatic rings. The van der Waals surface area contributed by atoms with Gasteiger partial charge in [-0.2, -0.15) is 0 Å². The number of benzene rings is 1. The molecule has 2 aromatic rings. The summed E-state index contributed by atoms with van der Waals surface area (Å²) in [5, 5.41) is 6.71. The van der Waals surface area contributed by atoms with Crippen LogP contribution in [0.1, 0.15) is 32.9 Å². The van der Waals surface area contributed by atoms with Gasteiger partial charge in [0.15, 0.2) is 0 Å². The molecule has 5 heteroatoms. The fourth-order valence-electron chi connectivity index (χ4n) is 1.88. The van der Waals surface area contributed by atoms with Crippen LogP contribution in [0.5, 0.6) is 0 Å². The maximum atomic E-state index is 12.1. The van der Waals surface area contributed by atoms with Crippen molar-refractivity contribution in [2.75, 3.05) is 6.54 Å². The van der Waals surface area contributed by atoms with Gasteiger partial charge in [-0.05, 0) is 38.1 Å². The van der Waals surface area contributed by atoms with Gasteiger partial charge in [0.1, 0.15) is 5.76 Å². The third-order valence-corrected chi connectivity index (χ3v) is 3.09. The number of carbonyl (C=O) groups is 1. The third kappa shape index (κ3) is 3.71. The average molecular weight is 283 g/mol. The molecule has 1 aromatic heterocycles. The summed E-state index contributed by atoms with van der Waals surface area (Å²) in [7, 11) is 0. The van der Waals surface area contributed by atoms with Gasteiger partial charge >= 0.3 is 0 Å². The molecular weight excluding hydrogens is 266 g/mol. The molecule has 0 spiro atoms. The lowest BCUT2D eigenvalue weighted by molar-refractivity contribution is 0.0951. The smallest absolute Gasteiger partial charge is 0.251 e. The zero-order valence-electron chi connectivity index (χ0n) is 12.1. The van der Waals surface area contributed by atoms with Gasteiger partial charge in [-0.1, -0.05) is 17.0 Å². The minimum atomic E-state index is -0.145. The second kappa shape index (κ2) is 6.73. The van der Waals surface area contributed by atoms with E-state index in [4.69, 9.17) is 10.3 Å². The van der Waals surface area contributed by atoms with E-state index in [1.807, 2.05) is 13.8 Å². The molecule has 0 aliphatic carbocycles. The van der Waals surface area contributed by atoms with E-state index in [1.54, 1.807) is 24.3 Å². The number of amides is 1. The molecule has 0 fully saturated rings. The van der Waals surface area contributed by atoms with Crippen LogP contribution in [-0.4, -0.2) is 17.6 Å². The minimum Gasteiger partial charge on any atom is -0.361 e. The summed E-state index contributed by atoms with van der Waals surface area (Å²) in [4.78, 5) is 12.1. The molecule has 1 heterocycles. The van der Waals surface area contributed by atoms with Gasteiger partial charge in [0.25, 0.3) is 5.91 Å². The van der Waals surface area contributed by atoms with Crippen LogP contribution in [0.4, 0.5) is 0 Å². The van der Waals surface area contributed by atoms with Crippen molar-refractivity contribution < 1.29 is 9.32 Å². The lowest BCUT2D eigenvalue weighted by Crippen LogP contribution is -2.23. The van der Waals surface area contributed by atoms with E-state index in [0.717, 1.165) is 22.6 Å². The van der Waals surface area contributed by atoms with Crippen LogP contribution in [0.2, 0.25) is 0 Å². The number of aromatic nitrogens is 1. The Morgan fingerprint density at radius 1 is 1.33 bits per heavy atom. The van der Waals surface area contributed by atoms with E-state index in [-0.39, 0.29) is 5.91 Å². The van der Waals surface area contributed by atoms with Crippen molar-refractivity contribution >= 4 is 5.91 Å². The number of hydrogen-bond acceptors (Lipinski definition) is 4. The van der Waals surface area contributed by atoms with Crippen LogP contribution < -0.4 is 11.1 Å². The quantitative estimate of drug-likeness (QED) is 0.837. The number of hydrogen-bond donors (Lipinski definition) is 2. The first-order valence-corrected chi connectivity index (χ1v) is 6.60. The molecule has 1 amide bonds. The Hall–Kier alpha value is -2.58. The van der Waals surface area contributed by atoms with Crippen molar-refractivity contribution in [2.24, 2.45) is 5.73 Å². The summed E-state index contributed by atoms with van der Waals surface area (Å²) in [6.45, 7) is 4.39. The van der Waals surface area contributed by atoms with Gasteiger partial charge in [-0.25, -0.2) is 0 Å². The highest BCUT2D eigenvalue weighted by molar-refractivity contribution is 5.94. The number of nitrogens with zero attached hydrogens (tertiary/aromatic N) is 1. The Morgan fingerprint density at radius 3 is 2.62 bits per heavy atom. The van der Waals surface area contributed by atoms with E-state index in [0.29, 0.717) is 18.7 Å². The van der Waals surface area contributed by atoms with Crippen molar-refractivity contribution in [1.82, 2.24) is 10.5 Å². The predicted molar refractivity (Wildman–Crippen MR) is 79.5 cm³/mol. The number of nitrogens with two attached hydrogens (primary N) is 1. The Balaban J connectivity index is 2.00. The molecule has 3 N–H and O–H groups in total. The molecule has 108 valence electrons. The summed E-state index contributed by atoms with van der Waals surface area (Å²) in [5.74, 6) is 6.26. The first-order chi connectivity index (χ1) is 10.1. The maximum absolute atomic E-state index is 12.1. The summed E-state index contributed by atoms with van der Waals surface area (Å²) >= 11 is 0. The number of nitrogens with one attached hydrogen (secondary N) is 1. The molecular formula is C16H17N3O2. The lowest BCUT2D eigenvalue weighted by Gasteiger charge is -2.05. The Kier molecular flexibility index (Phi) is 4.75. The first kappa shape index (κ1) is 14.8. The topological polar surface area (TPSA) is 81.2 Å². The zero-order valence-corrected chi connectivity index (χ0v) is 12.1. The highest BCUT2D eigenvalue weighted by atomic mass is 16.5. The fourth-order valence-corrected chi connectivity index (χ4v) is 1.88. The largest absolute Gasteiger partial charge is 0.361 e. The normalized spacial score (nSPS) is 9.86. The van der Waals surface area contributed by atoms with Gasteiger partial charge in [0, 0.05) is 23.2 Å². The zero-order chi connectivity index (χ0) is 15.2. The van der Waals surface area contributed by atoms with Gasteiger partial charge in [0.05, 0.1) is 12.2 Å². The Morgan fingerprint density at radius 2 is 2.05 bits per heavy atom. The summed E-state index contributed by atoms with van der Waals surface area (Å²) in [6.07, 6.45) is 0. The van der Waals surface area contributed by atoms with Crippen LogP contribution >= 0.6 is 0 Å². The molecule has 5 nitrogen and oxygen atoms in total. The van der Waals surface area contributed by atoms with Crippen LogP contribution in [0, 0.1) is 25.7 Å². The van der Waals surface area contributed by atoms with Crippen molar-refractivity contribution in [2.45, 2.75) is 20.4 Å². The van der Waals surface area contributed by atoms with Crippen LogP contribution in [0.15, 0.2) is 28.8 Å². The van der Waals surface area contributed by atoms with Crippen molar-refractivity contribution in [3.05, 3.63) is 52.4 Å². The SMILES string of the molecule is Cc1noc(C)c1CNC(=O)c1ccc(C#CCN)cc1. The predicted octanol–water partition coefficient (Wildman–Crippen LogP) is 1.53. The fraction of sp³-hybridized carbons (Fsp3) is 0.250. The second-order valence-electron chi connectivity index (χ2n) is 4.57. The van der Waals surface area contributed by atoms with E-state index < -0.39 is 0 Å². The summed E-state index contributed by atoms with van der Waals surface area (Å²) in [5.41, 5.74) is 8.44. The standard InChI is InChI=1S/C16H17N3O2/c1-11-15(12(2)21-19-11)10-18-16(20)14-7-5-13(6-8-14)4-3-9-17/h5-8H,9-10,17H2,1-2H3,(H,18,20). The second-order valence-corrected chi connectivity index (χ2v) is 4.57. The van der Waals surface area contributed by atoms with Gasteiger partial charge in [-0.3, -0.25) is 4.79 Å². The average Bonchev–Trinajstić information content (AvgIpc) is 2.82. The van der Waals surface area contributed by atoms with E-state index in [1.165, 1.54) is 0 Å². The summed E-state index contributed by atoms with van der Waals surface area (Å²) < 4.78 is 5.06. The molecule has 0 saturated heterocycles. The maximum Gasteiger partial charge on any atom is 0.251 e. The Labute approximate surface area is 123 Å². The monoisotopic (exact) mass is 283 g/mol. The minimum absolute atomic E-state index is 0.145. The van der Waals surface area contributed by atoms with Gasteiger partial charge < -0.3 is 15.6 Å². The highest BCUT2D eigenvalue weighted by Gasteiger charge is 2.11. The molecule has 0 unspecified atom stereocenters. The first-order valence-electron chi connectivity index (χ1n) is 6.60. The van der Waals surface area contributed by atoms with Crippen molar-refractivity contribution in [1.29, 1.82) is 0 Å². The molecule has 0 bridgehead atoms. The van der Waals surface area contributed by atoms with Crippen LogP contribution in [0.25, 0.3) is 0 Å². The van der Waals surface area contributed by atoms with Crippen LogP contribution in [0.3, 0.4) is 0 Å². The van der Waals surface area contributed by atoms with Gasteiger partial charge in [0.2, 0.25) is 0 Å². The molecule has 2 rings (SSSR count). The molecule has 0 radical (unpaired) electrons. The van der Waals surface area contributed by atoms with E-state index in [2.05, 4.69) is 22.3 Å². The molecule has 0 saturated carbocycles. The Bertz CT molecular complexity index is 671. The third-order valence-electron chi connectivity index (χ3n) is 3.09. The van der Waals surface area contributed by atoms with E-state index >= 15 is 0 Å². The number of aryl methyl sites for hydroxylation is 2. The van der Waals surface area contributed by atoms with Crippen molar-refractivity contribution in [3.8, 4) is 11.8 Å². The van der Waals surface area contributed by atoms with Crippen LogP contribution in [-0.2, 0) is 6.54 Å². The molecule has 21 heavy (non-hydrogen) atoms. The van der Waals surface area contributed by atoms with Crippen molar-refractivity contribution in [3.63, 3.8) is 0 Å². The lowest BCUT2D eigenvalue weighted by atomic mass is 10.1. The number of rotatable bonds is 3. The molecule has 1 aromatic carbocycles.